The molecule has 1 spiro atoms. The van der Waals surface area contributed by atoms with Crippen LogP contribution in [0.4, 0.5) is 4.79 Å². The van der Waals surface area contributed by atoms with Crippen molar-refractivity contribution in [3.8, 4) is 22.5 Å². The monoisotopic (exact) mass is 921 g/mol. The van der Waals surface area contributed by atoms with Crippen LogP contribution < -0.4 is 10.7 Å². The lowest BCUT2D eigenvalue weighted by Crippen LogP contribution is -2.79. The van der Waals surface area contributed by atoms with Crippen LogP contribution in [-0.4, -0.2) is 135 Å². The van der Waals surface area contributed by atoms with Gasteiger partial charge in [0.25, 0.3) is 5.91 Å². The molecule has 3 fully saturated rings. The molecular weight excluding hydrogens is 859 g/mol. The van der Waals surface area contributed by atoms with Gasteiger partial charge >= 0.3 is 12.0 Å². The van der Waals surface area contributed by atoms with Crippen molar-refractivity contribution in [1.82, 2.24) is 45.0 Å². The number of ether oxygens (including phenoxy) is 2. The number of benzene rings is 1. The molecule has 0 aliphatic carbocycles. The first-order valence-electron chi connectivity index (χ1n) is 23.1. The van der Waals surface area contributed by atoms with Gasteiger partial charge in [0, 0.05) is 92.3 Å². The molecule has 4 aromatic rings. The number of likely N-dealkylation sites (tertiary alicyclic amines) is 2. The molecular formula is C49H63N9O7S. The second kappa shape index (κ2) is 18.6. The number of carbonyl (C=O) groups excluding carboxylic acids is 5. The van der Waals surface area contributed by atoms with Gasteiger partial charge in [-0.1, -0.05) is 40.3 Å². The Bertz CT molecular complexity index is 2540. The molecule has 3 saturated heterocycles. The van der Waals surface area contributed by atoms with Gasteiger partial charge in [0.2, 0.25) is 11.8 Å². The summed E-state index contributed by atoms with van der Waals surface area (Å²) in [6, 6.07) is 7.31. The zero-order valence-corrected chi connectivity index (χ0v) is 40.2. The molecule has 1 unspecified atom stereocenters. The van der Waals surface area contributed by atoms with E-state index in [1.165, 1.54) is 27.3 Å². The second-order valence-electron chi connectivity index (χ2n) is 19.4. The number of cyclic esters (lactones) is 1. The minimum absolute atomic E-state index is 0.0763. The Morgan fingerprint density at radius 1 is 1.15 bits per heavy atom. The number of hydrazine groups is 1. The molecule has 4 aliphatic heterocycles. The molecule has 3 aromatic heterocycles. The lowest BCUT2D eigenvalue weighted by Gasteiger charge is -2.62. The van der Waals surface area contributed by atoms with Crippen molar-refractivity contribution >= 4 is 52.0 Å². The third kappa shape index (κ3) is 8.72. The molecule has 0 saturated carbocycles. The molecule has 2 N–H and O–H groups in total. The molecule has 17 heteroatoms. The highest BCUT2D eigenvalue weighted by molar-refractivity contribution is 7.10. The largest absolute Gasteiger partial charge is 0.464 e. The van der Waals surface area contributed by atoms with Crippen LogP contribution in [0.2, 0.25) is 0 Å². The minimum Gasteiger partial charge on any atom is -0.464 e. The summed E-state index contributed by atoms with van der Waals surface area (Å²) in [4.78, 5) is 84.2. The first-order valence-corrected chi connectivity index (χ1v) is 24.0. The van der Waals surface area contributed by atoms with Gasteiger partial charge in [-0.3, -0.25) is 29.2 Å². The summed E-state index contributed by atoms with van der Waals surface area (Å²) < 4.78 is 14.2. The first kappa shape index (κ1) is 46.9. The summed E-state index contributed by atoms with van der Waals surface area (Å²) in [5.41, 5.74) is 8.80. The van der Waals surface area contributed by atoms with E-state index in [1.807, 2.05) is 32.2 Å². The van der Waals surface area contributed by atoms with Crippen molar-refractivity contribution in [1.29, 1.82) is 0 Å². The Morgan fingerprint density at radius 2 is 1.92 bits per heavy atom. The van der Waals surface area contributed by atoms with E-state index < -0.39 is 46.9 Å². The van der Waals surface area contributed by atoms with Crippen molar-refractivity contribution in [2.75, 3.05) is 46.9 Å². The Kier molecular flexibility index (Phi) is 13.2. The van der Waals surface area contributed by atoms with Gasteiger partial charge in [-0.25, -0.2) is 15.2 Å². The average Bonchev–Trinajstić information content (AvgIpc) is 3.87. The first-order chi connectivity index (χ1) is 31.5. The third-order valence-electron chi connectivity index (χ3n) is 13.8. The number of rotatable bonds is 9. The Hall–Kier alpha value is -5.65. The minimum atomic E-state index is -1.08. The zero-order valence-electron chi connectivity index (χ0n) is 39.4. The normalized spacial score (nSPS) is 21.4. The van der Waals surface area contributed by atoms with Gasteiger partial charge in [0.1, 0.15) is 18.1 Å². The number of methoxy groups -OCH3 is 1. The molecule has 8 rings (SSSR count). The number of esters is 1. The van der Waals surface area contributed by atoms with E-state index in [2.05, 4.69) is 66.9 Å². The van der Waals surface area contributed by atoms with Crippen LogP contribution >= 0.6 is 11.3 Å². The lowest BCUT2D eigenvalue weighted by molar-refractivity contribution is -0.155. The van der Waals surface area contributed by atoms with E-state index in [9.17, 15) is 24.0 Å². The molecule has 66 heavy (non-hydrogen) atoms. The van der Waals surface area contributed by atoms with Gasteiger partial charge in [-0.2, -0.15) is 0 Å². The van der Waals surface area contributed by atoms with Crippen LogP contribution in [0.5, 0.6) is 0 Å². The fourth-order valence-corrected chi connectivity index (χ4v) is 11.0. The van der Waals surface area contributed by atoms with E-state index >= 15 is 0 Å². The SMILES string of the molecule is C=CC(=O)N1CC2(CCN2C(=O)N(C)C(C(=O)N[C@H]2Cc3nc(cs3)-c3ccc4c(c3)c(c(-c3cccnc3[C@H](C)OC)n4CC)CC(C)(C)COC(=O)[C@@H]3CCCN(N3)C2=O)C(C)C)C1. The number of aromatic nitrogens is 3. The van der Waals surface area contributed by atoms with Crippen molar-refractivity contribution in [2.24, 2.45) is 11.3 Å². The van der Waals surface area contributed by atoms with Crippen LogP contribution in [0.3, 0.4) is 0 Å². The highest BCUT2D eigenvalue weighted by atomic mass is 32.1. The second-order valence-corrected chi connectivity index (χ2v) is 20.3. The number of carbonyl (C=O) groups is 5. The summed E-state index contributed by atoms with van der Waals surface area (Å²) in [6.07, 6.45) is 5.23. The summed E-state index contributed by atoms with van der Waals surface area (Å²) in [5, 5.41) is 8.12. The standard InChI is InChI=1S/C49H63N9O7S/c1-10-40(59)55-26-49(27-55)18-21-57(49)47(63)54(8)42(29(3)4)44(60)52-36-23-39-51-37(25-66-39)31-16-17-38-33(22-31)34(43(56(38)11-2)32-14-12-19-50-41(32)30(5)64-9)24-48(6,7)28-65-46(62)35-15-13-20-58(53-35)45(36)61/h10,12,14,16-17,19,22,25,29-30,35-36,42,53H,1,11,13,15,18,20-21,23-24,26-28H2,2-9H3,(H,52,60)/t30-,35-,36-,42?/m0/s1. The van der Waals surface area contributed by atoms with Gasteiger partial charge in [0.15, 0.2) is 0 Å². The number of likely N-dealkylation sites (N-methyl/N-ethyl adjacent to an activating group) is 1. The maximum atomic E-state index is 14.7. The Morgan fingerprint density at radius 3 is 2.61 bits per heavy atom. The van der Waals surface area contributed by atoms with E-state index in [-0.39, 0.29) is 37.0 Å². The highest BCUT2D eigenvalue weighted by Gasteiger charge is 2.57. The van der Waals surface area contributed by atoms with Crippen LogP contribution in [0.1, 0.15) is 83.2 Å². The number of hydrogen-bond donors (Lipinski definition) is 2. The number of nitrogens with one attached hydrogen (secondary N) is 2. The number of pyridine rings is 1. The molecule has 16 nitrogen and oxygen atoms in total. The number of fused-ring (bicyclic) bond motifs is 6. The molecule has 5 amide bonds. The number of amides is 5. The summed E-state index contributed by atoms with van der Waals surface area (Å²) in [7, 11) is 3.30. The van der Waals surface area contributed by atoms with E-state index in [1.54, 1.807) is 30.2 Å². The fourth-order valence-electron chi connectivity index (χ4n) is 10.2. The number of aryl methyl sites for hydroxylation is 1. The molecule has 4 aliphatic rings. The van der Waals surface area contributed by atoms with E-state index in [4.69, 9.17) is 19.4 Å². The van der Waals surface area contributed by atoms with E-state index in [0.717, 1.165) is 51.1 Å². The number of thiazole rings is 1. The quantitative estimate of drug-likeness (QED) is 0.156. The number of urea groups is 1. The van der Waals surface area contributed by atoms with Gasteiger partial charge in [-0.15, -0.1) is 11.3 Å². The zero-order chi connectivity index (χ0) is 47.2. The van der Waals surface area contributed by atoms with E-state index in [0.29, 0.717) is 57.0 Å². The number of nitrogens with zero attached hydrogens (tertiary/aromatic N) is 7. The van der Waals surface area contributed by atoms with Crippen LogP contribution in [-0.2, 0) is 48.0 Å². The topological polar surface area (TPSA) is 172 Å². The maximum Gasteiger partial charge on any atom is 0.324 e. The molecule has 4 atom stereocenters. The summed E-state index contributed by atoms with van der Waals surface area (Å²) in [6.45, 7) is 18.1. The van der Waals surface area contributed by atoms with Crippen molar-refractivity contribution in [3.63, 3.8) is 0 Å². The smallest absolute Gasteiger partial charge is 0.324 e. The predicted molar refractivity (Wildman–Crippen MR) is 252 cm³/mol. The third-order valence-corrected chi connectivity index (χ3v) is 14.7. The molecule has 0 radical (unpaired) electrons. The summed E-state index contributed by atoms with van der Waals surface area (Å²) in [5.74, 6) is -1.85. The predicted octanol–water partition coefficient (Wildman–Crippen LogP) is 5.75. The molecule has 7 heterocycles. The van der Waals surface area contributed by atoms with Crippen molar-refractivity contribution < 1.29 is 33.4 Å². The Balaban J connectivity index is 1.14. The van der Waals surface area contributed by atoms with Crippen molar-refractivity contribution in [3.05, 3.63) is 70.8 Å². The van der Waals surface area contributed by atoms with Gasteiger partial charge in [0.05, 0.1) is 40.3 Å². The van der Waals surface area contributed by atoms with Gasteiger partial charge in [-0.05, 0) is 81.4 Å². The van der Waals surface area contributed by atoms with Crippen LogP contribution in [0.25, 0.3) is 33.4 Å². The molecule has 352 valence electrons. The molecule has 6 bridgehead atoms. The van der Waals surface area contributed by atoms with Crippen molar-refractivity contribution in [2.45, 2.75) is 110 Å². The number of hydrogen-bond acceptors (Lipinski definition) is 11. The summed E-state index contributed by atoms with van der Waals surface area (Å²) >= 11 is 1.41. The average molecular weight is 922 g/mol. The molecule has 1 aromatic carbocycles. The fraction of sp³-hybridized carbons (Fsp3) is 0.531. The van der Waals surface area contributed by atoms with Crippen LogP contribution in [0, 0.1) is 11.3 Å². The highest BCUT2D eigenvalue weighted by Crippen LogP contribution is 2.43. The lowest BCUT2D eigenvalue weighted by atomic mass is 9.77. The maximum absolute atomic E-state index is 14.7. The van der Waals surface area contributed by atoms with Gasteiger partial charge < -0.3 is 34.1 Å². The van der Waals surface area contributed by atoms with Crippen LogP contribution in [0.15, 0.2) is 54.6 Å². The Labute approximate surface area is 390 Å².